The second-order valence-electron chi connectivity index (χ2n) is 7.59. The molecule has 1 aliphatic heterocycles. The highest BCUT2D eigenvalue weighted by Gasteiger charge is 2.23. The number of nitrogens with zero attached hydrogens (tertiary/aromatic N) is 4. The van der Waals surface area contributed by atoms with Gasteiger partial charge in [-0.1, -0.05) is 20.8 Å². The van der Waals surface area contributed by atoms with Crippen LogP contribution in [0.5, 0.6) is 0 Å². The van der Waals surface area contributed by atoms with E-state index < -0.39 is 5.41 Å². The minimum Gasteiger partial charge on any atom is -0.325 e. The third-order valence-electron chi connectivity index (χ3n) is 4.36. The summed E-state index contributed by atoms with van der Waals surface area (Å²) in [4.78, 5) is 27.7. The van der Waals surface area contributed by atoms with Gasteiger partial charge in [0.25, 0.3) is 0 Å². The SMILES string of the molecule is Cc1ncc2c(n1)CCN(Cc1cnccc1NC(=O)C(C)(C)C)C2. The summed E-state index contributed by atoms with van der Waals surface area (Å²) in [5, 5.41) is 3.04. The maximum atomic E-state index is 12.3. The summed E-state index contributed by atoms with van der Waals surface area (Å²) in [6.07, 6.45) is 6.39. The van der Waals surface area contributed by atoms with Gasteiger partial charge in [-0.25, -0.2) is 9.97 Å². The fourth-order valence-electron chi connectivity index (χ4n) is 2.84. The van der Waals surface area contributed by atoms with E-state index >= 15 is 0 Å². The number of nitrogens with one attached hydrogen (secondary N) is 1. The Bertz CT molecular complexity index is 782. The van der Waals surface area contributed by atoms with E-state index in [1.54, 1.807) is 6.20 Å². The zero-order chi connectivity index (χ0) is 18.0. The fourth-order valence-corrected chi connectivity index (χ4v) is 2.84. The van der Waals surface area contributed by atoms with Crippen molar-refractivity contribution in [3.8, 4) is 0 Å². The van der Waals surface area contributed by atoms with Gasteiger partial charge in [0.15, 0.2) is 0 Å². The van der Waals surface area contributed by atoms with Crippen LogP contribution < -0.4 is 5.32 Å². The van der Waals surface area contributed by atoms with E-state index in [4.69, 9.17) is 0 Å². The summed E-state index contributed by atoms with van der Waals surface area (Å²) in [6.45, 7) is 10.1. The van der Waals surface area contributed by atoms with Crippen molar-refractivity contribution in [2.45, 2.75) is 47.2 Å². The molecular formula is C19H25N5O. The van der Waals surface area contributed by atoms with Crippen LogP contribution in [-0.2, 0) is 24.3 Å². The molecule has 1 N–H and O–H groups in total. The molecule has 0 unspecified atom stereocenters. The zero-order valence-electron chi connectivity index (χ0n) is 15.3. The molecule has 0 aromatic carbocycles. The lowest BCUT2D eigenvalue weighted by Gasteiger charge is -2.28. The van der Waals surface area contributed by atoms with E-state index in [1.165, 1.54) is 5.56 Å². The Labute approximate surface area is 148 Å². The predicted octanol–water partition coefficient (Wildman–Crippen LogP) is 2.72. The van der Waals surface area contributed by atoms with Gasteiger partial charge in [0.1, 0.15) is 5.82 Å². The highest BCUT2D eigenvalue weighted by atomic mass is 16.2. The molecule has 3 rings (SSSR count). The van der Waals surface area contributed by atoms with Crippen molar-refractivity contribution in [1.82, 2.24) is 19.9 Å². The Morgan fingerprint density at radius 2 is 2.12 bits per heavy atom. The third-order valence-corrected chi connectivity index (χ3v) is 4.36. The highest BCUT2D eigenvalue weighted by molar-refractivity contribution is 5.95. The number of carbonyl (C=O) groups excluding carboxylic acids is 1. The van der Waals surface area contributed by atoms with Gasteiger partial charge in [0, 0.05) is 72.6 Å². The van der Waals surface area contributed by atoms with Gasteiger partial charge in [-0.3, -0.25) is 14.7 Å². The lowest BCUT2D eigenvalue weighted by molar-refractivity contribution is -0.123. The zero-order valence-corrected chi connectivity index (χ0v) is 15.3. The Balaban J connectivity index is 1.74. The van der Waals surface area contributed by atoms with E-state index in [-0.39, 0.29) is 5.91 Å². The number of anilines is 1. The maximum absolute atomic E-state index is 12.3. The largest absolute Gasteiger partial charge is 0.325 e. The van der Waals surface area contributed by atoms with Crippen LogP contribution in [0.2, 0.25) is 0 Å². The number of rotatable bonds is 3. The van der Waals surface area contributed by atoms with Gasteiger partial charge in [-0.15, -0.1) is 0 Å². The summed E-state index contributed by atoms with van der Waals surface area (Å²) in [7, 11) is 0. The van der Waals surface area contributed by atoms with Crippen LogP contribution in [0.3, 0.4) is 0 Å². The number of aromatic nitrogens is 3. The smallest absolute Gasteiger partial charge is 0.229 e. The number of carbonyl (C=O) groups is 1. The van der Waals surface area contributed by atoms with Gasteiger partial charge in [0.05, 0.1) is 0 Å². The molecule has 0 bridgehead atoms. The molecule has 1 amide bonds. The fraction of sp³-hybridized carbons (Fsp3) is 0.474. The van der Waals surface area contributed by atoms with Gasteiger partial charge in [-0.05, 0) is 13.0 Å². The number of hydrogen-bond donors (Lipinski definition) is 1. The quantitative estimate of drug-likeness (QED) is 0.931. The van der Waals surface area contributed by atoms with Crippen molar-refractivity contribution < 1.29 is 4.79 Å². The topological polar surface area (TPSA) is 71.0 Å². The second kappa shape index (κ2) is 6.88. The summed E-state index contributed by atoms with van der Waals surface area (Å²) < 4.78 is 0. The Hall–Kier alpha value is -2.34. The summed E-state index contributed by atoms with van der Waals surface area (Å²) in [6, 6.07) is 1.86. The van der Waals surface area contributed by atoms with Gasteiger partial charge in [0.2, 0.25) is 5.91 Å². The molecule has 2 aromatic heterocycles. The number of aryl methyl sites for hydroxylation is 1. The van der Waals surface area contributed by atoms with Gasteiger partial charge < -0.3 is 5.32 Å². The summed E-state index contributed by atoms with van der Waals surface area (Å²) >= 11 is 0. The third kappa shape index (κ3) is 4.20. The van der Waals surface area contributed by atoms with Crippen molar-refractivity contribution in [2.24, 2.45) is 5.41 Å². The van der Waals surface area contributed by atoms with Crippen LogP contribution in [0.4, 0.5) is 5.69 Å². The lowest BCUT2D eigenvalue weighted by Crippen LogP contribution is -2.32. The van der Waals surface area contributed by atoms with Gasteiger partial charge in [-0.2, -0.15) is 0 Å². The minimum atomic E-state index is -0.431. The summed E-state index contributed by atoms with van der Waals surface area (Å²) in [5.41, 5.74) is 3.76. The van der Waals surface area contributed by atoms with Crippen molar-refractivity contribution in [1.29, 1.82) is 0 Å². The highest BCUT2D eigenvalue weighted by Crippen LogP contribution is 2.23. The molecule has 2 aromatic rings. The van der Waals surface area contributed by atoms with Crippen LogP contribution in [0.15, 0.2) is 24.7 Å². The molecular weight excluding hydrogens is 314 g/mol. The second-order valence-corrected chi connectivity index (χ2v) is 7.59. The Morgan fingerprint density at radius 1 is 1.32 bits per heavy atom. The molecule has 1 aliphatic rings. The van der Waals surface area contributed by atoms with Crippen LogP contribution >= 0.6 is 0 Å². The first kappa shape index (κ1) is 17.5. The molecule has 0 saturated heterocycles. The van der Waals surface area contributed by atoms with Crippen LogP contribution in [0, 0.1) is 12.3 Å². The molecule has 6 nitrogen and oxygen atoms in total. The molecule has 3 heterocycles. The van der Waals surface area contributed by atoms with Crippen molar-refractivity contribution in [2.75, 3.05) is 11.9 Å². The predicted molar refractivity (Wildman–Crippen MR) is 96.9 cm³/mol. The molecule has 0 saturated carbocycles. The average Bonchev–Trinajstić information content (AvgIpc) is 2.56. The van der Waals surface area contributed by atoms with Crippen LogP contribution in [0.25, 0.3) is 0 Å². The molecule has 0 spiro atoms. The van der Waals surface area contributed by atoms with Gasteiger partial charge >= 0.3 is 0 Å². The number of pyridine rings is 1. The molecule has 132 valence electrons. The number of fused-ring (bicyclic) bond motifs is 1. The Morgan fingerprint density at radius 3 is 2.88 bits per heavy atom. The monoisotopic (exact) mass is 339 g/mol. The Kier molecular flexibility index (Phi) is 4.81. The maximum Gasteiger partial charge on any atom is 0.229 e. The van der Waals surface area contributed by atoms with E-state index in [2.05, 4.69) is 25.2 Å². The molecule has 0 radical (unpaired) electrons. The van der Waals surface area contributed by atoms with Crippen molar-refractivity contribution in [3.05, 3.63) is 47.3 Å². The van der Waals surface area contributed by atoms with E-state index in [0.717, 1.165) is 48.8 Å². The van der Waals surface area contributed by atoms with E-state index in [9.17, 15) is 4.79 Å². The van der Waals surface area contributed by atoms with E-state index in [1.807, 2.05) is 46.2 Å². The first-order valence-electron chi connectivity index (χ1n) is 8.61. The molecule has 6 heteroatoms. The van der Waals surface area contributed by atoms with Crippen molar-refractivity contribution >= 4 is 11.6 Å². The summed E-state index contributed by atoms with van der Waals surface area (Å²) in [5.74, 6) is 0.833. The molecule has 25 heavy (non-hydrogen) atoms. The standard InChI is InChI=1S/C19H25N5O/c1-13-21-10-15-12-24(8-6-17(15)22-13)11-14-9-20-7-5-16(14)23-18(25)19(2,3)4/h5,7,9-10H,6,8,11-12H2,1-4H3,(H,20,23,25). The molecule has 0 fully saturated rings. The average molecular weight is 339 g/mol. The van der Waals surface area contributed by atoms with Crippen molar-refractivity contribution in [3.63, 3.8) is 0 Å². The minimum absolute atomic E-state index is 0.00724. The number of amides is 1. The number of hydrogen-bond acceptors (Lipinski definition) is 5. The first-order valence-corrected chi connectivity index (χ1v) is 8.61. The van der Waals surface area contributed by atoms with Crippen LogP contribution in [-0.4, -0.2) is 32.3 Å². The van der Waals surface area contributed by atoms with E-state index in [0.29, 0.717) is 0 Å². The molecule has 0 atom stereocenters. The first-order chi connectivity index (χ1) is 11.8. The molecule has 0 aliphatic carbocycles. The lowest BCUT2D eigenvalue weighted by atomic mass is 9.95. The van der Waals surface area contributed by atoms with Crippen LogP contribution in [0.1, 0.15) is 43.4 Å². The normalized spacial score (nSPS) is 14.9.